The molecule has 0 bridgehead atoms. The quantitative estimate of drug-likeness (QED) is 0.441. The minimum Gasteiger partial charge on any atom is -0.399 e. The zero-order valence-corrected chi connectivity index (χ0v) is 20.4. The van der Waals surface area contributed by atoms with Gasteiger partial charge in [0.05, 0.1) is 22.4 Å². The van der Waals surface area contributed by atoms with E-state index in [9.17, 15) is 0 Å². The fourth-order valence-electron chi connectivity index (χ4n) is 4.29. The molecule has 0 radical (unpaired) electrons. The third-order valence-electron chi connectivity index (χ3n) is 7.89. The largest absolute Gasteiger partial charge is 0.494 e. The van der Waals surface area contributed by atoms with Crippen molar-refractivity contribution >= 4 is 46.7 Å². The first kappa shape index (κ1) is 22.0. The zero-order valence-electron chi connectivity index (χ0n) is 20.4. The topological polar surface area (TPSA) is 36.9 Å². The van der Waals surface area contributed by atoms with Crippen molar-refractivity contribution in [2.45, 2.75) is 77.8 Å². The highest BCUT2D eigenvalue weighted by atomic mass is 16.7. The van der Waals surface area contributed by atoms with Gasteiger partial charge in [-0.3, -0.25) is 0 Å². The van der Waals surface area contributed by atoms with E-state index in [1.54, 1.807) is 0 Å². The summed E-state index contributed by atoms with van der Waals surface area (Å²) < 4.78 is 25.0. The van der Waals surface area contributed by atoms with Crippen LogP contribution in [0.1, 0.15) is 55.4 Å². The molecule has 5 rings (SSSR count). The Balaban J connectivity index is 1.48. The van der Waals surface area contributed by atoms with Gasteiger partial charge in [0.2, 0.25) is 0 Å². The van der Waals surface area contributed by atoms with Gasteiger partial charge in [-0.05, 0) is 100.0 Å². The highest BCUT2D eigenvalue weighted by Gasteiger charge is 2.52. The van der Waals surface area contributed by atoms with Gasteiger partial charge in [-0.15, -0.1) is 0 Å². The van der Waals surface area contributed by atoms with Crippen LogP contribution in [0.5, 0.6) is 0 Å². The summed E-state index contributed by atoms with van der Waals surface area (Å²) in [6.45, 7) is 16.7. The molecule has 3 aromatic rings. The Kier molecular flexibility index (Phi) is 4.69. The van der Waals surface area contributed by atoms with Crippen LogP contribution < -0.4 is 10.9 Å². The van der Waals surface area contributed by atoms with E-state index in [1.165, 1.54) is 21.5 Å². The molecule has 3 aromatic carbocycles. The van der Waals surface area contributed by atoms with Crippen LogP contribution >= 0.6 is 0 Å². The maximum Gasteiger partial charge on any atom is 0.494 e. The lowest BCUT2D eigenvalue weighted by Crippen LogP contribution is -2.41. The Bertz CT molecular complexity index is 1090. The van der Waals surface area contributed by atoms with Crippen molar-refractivity contribution in [3.8, 4) is 0 Å². The fraction of sp³-hybridized carbons (Fsp3) is 0.462. The maximum absolute atomic E-state index is 6.24. The molecule has 2 heterocycles. The van der Waals surface area contributed by atoms with E-state index < -0.39 is 0 Å². The van der Waals surface area contributed by atoms with Crippen LogP contribution in [0.2, 0.25) is 0 Å². The number of fused-ring (bicyclic) bond motifs is 2. The molecule has 0 saturated carbocycles. The lowest BCUT2D eigenvalue weighted by Gasteiger charge is -2.32. The molecule has 2 aliphatic rings. The van der Waals surface area contributed by atoms with Crippen molar-refractivity contribution in [1.82, 2.24) is 0 Å². The van der Waals surface area contributed by atoms with Gasteiger partial charge < -0.3 is 18.6 Å². The molecule has 0 aromatic heterocycles. The summed E-state index contributed by atoms with van der Waals surface area (Å²) in [7, 11) is -0.711. The van der Waals surface area contributed by atoms with Gasteiger partial charge in [0.25, 0.3) is 0 Å². The van der Waals surface area contributed by atoms with E-state index >= 15 is 0 Å². The summed E-state index contributed by atoms with van der Waals surface area (Å²) in [4.78, 5) is 0. The average Bonchev–Trinajstić information content (AvgIpc) is 3.05. The molecule has 2 fully saturated rings. The van der Waals surface area contributed by atoms with E-state index in [0.29, 0.717) is 0 Å². The van der Waals surface area contributed by atoms with Crippen molar-refractivity contribution < 1.29 is 18.6 Å². The van der Waals surface area contributed by atoms with E-state index in [-0.39, 0.29) is 36.6 Å². The summed E-state index contributed by atoms with van der Waals surface area (Å²) in [5, 5.41) is 4.72. The molecule has 0 N–H and O–H groups in total. The number of rotatable bonds is 2. The predicted octanol–water partition coefficient (Wildman–Crippen LogP) is 4.59. The van der Waals surface area contributed by atoms with Crippen molar-refractivity contribution in [2.24, 2.45) is 0 Å². The summed E-state index contributed by atoms with van der Waals surface area (Å²) in [5.41, 5.74) is 0.702. The summed E-state index contributed by atoms with van der Waals surface area (Å²) in [6.07, 6.45) is 0. The van der Waals surface area contributed by atoms with Crippen molar-refractivity contribution in [1.29, 1.82) is 0 Å². The van der Waals surface area contributed by atoms with Gasteiger partial charge in [-0.2, -0.15) is 0 Å². The van der Waals surface area contributed by atoms with Crippen LogP contribution in [-0.2, 0) is 18.6 Å². The van der Waals surface area contributed by atoms with Crippen LogP contribution in [0, 0.1) is 0 Å². The molecular weight excluding hydrogens is 398 g/mol. The second-order valence-corrected chi connectivity index (χ2v) is 11.2. The minimum absolute atomic E-state index is 0.347. The van der Waals surface area contributed by atoms with Gasteiger partial charge in [0, 0.05) is 0 Å². The van der Waals surface area contributed by atoms with Gasteiger partial charge in [0.15, 0.2) is 0 Å². The van der Waals surface area contributed by atoms with Crippen LogP contribution in [0.3, 0.4) is 0 Å². The first-order chi connectivity index (χ1) is 14.8. The van der Waals surface area contributed by atoms with E-state index in [0.717, 1.165) is 10.9 Å². The van der Waals surface area contributed by atoms with Crippen LogP contribution in [0.15, 0.2) is 48.5 Å². The summed E-state index contributed by atoms with van der Waals surface area (Å²) in [6, 6.07) is 17.3. The second-order valence-electron chi connectivity index (χ2n) is 11.2. The van der Waals surface area contributed by atoms with E-state index in [4.69, 9.17) is 18.6 Å². The Hall–Kier alpha value is -1.85. The molecular formula is C26H32B2O4. The standard InChI is InChI=1S/C26H32B2O4/c1-23(2)24(3,4)30-27(29-23)21-11-9-17-14-20-16-22(12-10-18(20)13-19(17)15-21)28-31-25(5,6)26(7,8)32-28/h9-16H,1-8H3. The van der Waals surface area contributed by atoms with Crippen molar-refractivity contribution in [2.75, 3.05) is 0 Å². The lowest BCUT2D eigenvalue weighted by molar-refractivity contribution is 0.00578. The second kappa shape index (κ2) is 6.83. The van der Waals surface area contributed by atoms with Gasteiger partial charge in [-0.1, -0.05) is 36.4 Å². The number of hydrogen-bond acceptors (Lipinski definition) is 4. The summed E-state index contributed by atoms with van der Waals surface area (Å²) >= 11 is 0. The molecule has 166 valence electrons. The molecule has 2 aliphatic heterocycles. The first-order valence-corrected chi connectivity index (χ1v) is 11.5. The number of benzene rings is 3. The molecule has 0 amide bonds. The Morgan fingerprint density at radius 3 is 1.06 bits per heavy atom. The molecule has 2 saturated heterocycles. The van der Waals surface area contributed by atoms with E-state index in [1.807, 2.05) is 0 Å². The first-order valence-electron chi connectivity index (χ1n) is 11.5. The minimum atomic E-state index is -0.356. The maximum atomic E-state index is 6.24. The molecule has 0 aliphatic carbocycles. The van der Waals surface area contributed by atoms with Crippen LogP contribution in [0.4, 0.5) is 0 Å². The van der Waals surface area contributed by atoms with E-state index in [2.05, 4.69) is 104 Å². The lowest BCUT2D eigenvalue weighted by atomic mass is 9.77. The molecule has 32 heavy (non-hydrogen) atoms. The fourth-order valence-corrected chi connectivity index (χ4v) is 4.29. The normalized spacial score (nSPS) is 23.4. The van der Waals surface area contributed by atoms with Crippen LogP contribution in [-0.4, -0.2) is 36.6 Å². The van der Waals surface area contributed by atoms with Gasteiger partial charge in [-0.25, -0.2) is 0 Å². The SMILES string of the molecule is CC1(C)OB(c2ccc3cc4cc(B5OC(C)(C)C(C)(C)O5)ccc4cc3c2)OC1(C)C. The van der Waals surface area contributed by atoms with Crippen LogP contribution in [0.25, 0.3) is 21.5 Å². The van der Waals surface area contributed by atoms with Crippen molar-refractivity contribution in [3.63, 3.8) is 0 Å². The number of hydrogen-bond donors (Lipinski definition) is 0. The van der Waals surface area contributed by atoms with Crippen molar-refractivity contribution in [3.05, 3.63) is 48.5 Å². The predicted molar refractivity (Wildman–Crippen MR) is 133 cm³/mol. The summed E-state index contributed by atoms with van der Waals surface area (Å²) in [5.74, 6) is 0. The molecule has 0 unspecified atom stereocenters. The Morgan fingerprint density at radius 2 is 0.750 bits per heavy atom. The molecule has 6 heteroatoms. The Morgan fingerprint density at radius 1 is 0.438 bits per heavy atom. The van der Waals surface area contributed by atoms with Gasteiger partial charge in [0.1, 0.15) is 0 Å². The molecule has 0 atom stereocenters. The highest BCUT2D eigenvalue weighted by molar-refractivity contribution is 6.63. The molecule has 4 nitrogen and oxygen atoms in total. The third-order valence-corrected chi connectivity index (χ3v) is 7.89. The smallest absolute Gasteiger partial charge is 0.399 e. The monoisotopic (exact) mass is 430 g/mol. The average molecular weight is 430 g/mol. The Labute approximate surface area is 191 Å². The van der Waals surface area contributed by atoms with Gasteiger partial charge >= 0.3 is 14.2 Å². The highest BCUT2D eigenvalue weighted by Crippen LogP contribution is 2.38. The third kappa shape index (κ3) is 3.40. The zero-order chi connectivity index (χ0) is 23.1. The molecule has 0 spiro atoms.